The molecule has 0 aliphatic rings. The molecular weight excluding hydrogens is 253 g/mol. The molecule has 0 spiro atoms. The first-order chi connectivity index (χ1) is 6.20. The molecule has 0 heterocycles. The molecule has 74 valence electrons. The van der Waals surface area contributed by atoms with Gasteiger partial charge in [-0.25, -0.2) is 0 Å². The number of rotatable bonds is 2. The molecule has 4 heteroatoms. The van der Waals surface area contributed by atoms with Crippen LogP contribution in [-0.4, -0.2) is 25.4 Å². The van der Waals surface area contributed by atoms with Crippen LogP contribution in [0.25, 0.3) is 0 Å². The average Bonchev–Trinajstić information content (AvgIpc) is 2.20. The van der Waals surface area contributed by atoms with Gasteiger partial charge < -0.3 is 6.33 Å². The van der Waals surface area contributed by atoms with Gasteiger partial charge in [0.2, 0.25) is 6.41 Å². The van der Waals surface area contributed by atoms with E-state index in [0.717, 1.165) is 11.7 Å². The fraction of sp³-hybridized carbons (Fsp3) is 0.300. The van der Waals surface area contributed by atoms with Crippen molar-refractivity contribution in [1.82, 2.24) is 4.90 Å². The van der Waals surface area contributed by atoms with Crippen LogP contribution in [0.2, 0.25) is 0 Å². The summed E-state index contributed by atoms with van der Waals surface area (Å²) < 4.78 is 0. The first kappa shape index (κ1) is 16.6. The van der Waals surface area contributed by atoms with Crippen LogP contribution in [0, 0.1) is 0 Å². The predicted octanol–water partition coefficient (Wildman–Crippen LogP) is -0.598. The molecule has 0 saturated heterocycles. The van der Waals surface area contributed by atoms with Crippen LogP contribution in [0.4, 0.5) is 0 Å². The number of hydrogen-bond acceptors (Lipinski definition) is 1. The molecule has 1 aromatic carbocycles. The van der Waals surface area contributed by atoms with Crippen LogP contribution in [0.15, 0.2) is 30.3 Å². The largest absolute Gasteiger partial charge is 1.00 e. The second kappa shape index (κ2) is 11.2. The third-order valence-corrected chi connectivity index (χ3v) is 1.86. The van der Waals surface area contributed by atoms with E-state index in [0.29, 0.717) is 0 Å². The molecule has 0 bridgehead atoms. The Hall–Kier alpha value is 0.170. The summed E-state index contributed by atoms with van der Waals surface area (Å²) in [6, 6.07) is 10.3. The minimum Gasteiger partial charge on any atom is -1.00 e. The standard InChI is InChI=1S/C7H7Br.C3H7NO.Na.H/c8-6-7-4-2-1-3-5-7;1-4(2)3-5;;/h1-5H,6H2;3H,1-2H3;;/q;;+1;-1. The van der Waals surface area contributed by atoms with E-state index in [1.165, 1.54) is 10.5 Å². The summed E-state index contributed by atoms with van der Waals surface area (Å²) in [6.07, 6.45) is 0.750. The minimum atomic E-state index is 0. The maximum atomic E-state index is 9.43. The molecule has 0 aromatic heterocycles. The van der Waals surface area contributed by atoms with Crippen molar-refractivity contribution in [2.24, 2.45) is 0 Å². The van der Waals surface area contributed by atoms with Gasteiger partial charge in [-0.1, -0.05) is 46.3 Å². The summed E-state index contributed by atoms with van der Waals surface area (Å²) in [5.41, 5.74) is 1.33. The zero-order valence-electron chi connectivity index (χ0n) is 9.90. The van der Waals surface area contributed by atoms with Gasteiger partial charge >= 0.3 is 29.6 Å². The molecule has 0 atom stereocenters. The topological polar surface area (TPSA) is 20.3 Å². The molecule has 0 unspecified atom stereocenters. The zero-order chi connectivity index (χ0) is 10.1. The maximum absolute atomic E-state index is 9.43. The Balaban J connectivity index is -0.000000185. The quantitative estimate of drug-likeness (QED) is 0.398. The number of benzene rings is 1. The van der Waals surface area contributed by atoms with Gasteiger partial charge in [-0.05, 0) is 5.56 Å². The normalized spacial score (nSPS) is 7.64. The van der Waals surface area contributed by atoms with Crippen LogP contribution in [0.5, 0.6) is 0 Å². The zero-order valence-corrected chi connectivity index (χ0v) is 12.5. The van der Waals surface area contributed by atoms with Crippen molar-refractivity contribution < 1.29 is 35.8 Å². The van der Waals surface area contributed by atoms with Gasteiger partial charge in [0.1, 0.15) is 0 Å². The fourth-order valence-corrected chi connectivity index (χ4v) is 0.941. The van der Waals surface area contributed by atoms with Gasteiger partial charge in [0.25, 0.3) is 0 Å². The van der Waals surface area contributed by atoms with E-state index in [4.69, 9.17) is 0 Å². The Kier molecular flexibility index (Phi) is 13.3. The average molecular weight is 268 g/mol. The molecule has 0 aliphatic heterocycles. The minimum absolute atomic E-state index is 0. The van der Waals surface area contributed by atoms with Crippen molar-refractivity contribution in [3.63, 3.8) is 0 Å². The van der Waals surface area contributed by atoms with Crippen LogP contribution in [0.3, 0.4) is 0 Å². The Labute approximate surface area is 118 Å². The molecule has 2 nitrogen and oxygen atoms in total. The van der Waals surface area contributed by atoms with Crippen LogP contribution in [0.1, 0.15) is 6.99 Å². The van der Waals surface area contributed by atoms with Crippen LogP contribution < -0.4 is 29.6 Å². The molecular formula is C10H15BrNNaO. The van der Waals surface area contributed by atoms with Gasteiger partial charge in [0.05, 0.1) is 0 Å². The van der Waals surface area contributed by atoms with E-state index in [2.05, 4.69) is 28.1 Å². The summed E-state index contributed by atoms with van der Waals surface area (Å²) in [7, 11) is 3.38. The number of nitrogens with zero attached hydrogens (tertiary/aromatic N) is 1. The SMILES string of the molecule is BrCc1ccccc1.CN(C)C=O.[H-].[Na+]. The molecule has 0 aliphatic carbocycles. The Bertz CT molecular complexity index is 234. The number of carbonyl (C=O) groups excluding carboxylic acids is 1. The van der Waals surface area contributed by atoms with Gasteiger partial charge in [0.15, 0.2) is 0 Å². The van der Waals surface area contributed by atoms with Gasteiger partial charge in [-0.15, -0.1) is 0 Å². The van der Waals surface area contributed by atoms with Gasteiger partial charge in [-0.3, -0.25) is 4.79 Å². The monoisotopic (exact) mass is 267 g/mol. The van der Waals surface area contributed by atoms with Gasteiger partial charge in [0, 0.05) is 19.4 Å². The van der Waals surface area contributed by atoms with Crippen molar-refractivity contribution in [2.75, 3.05) is 14.1 Å². The van der Waals surface area contributed by atoms with E-state index >= 15 is 0 Å². The first-order valence-corrected chi connectivity index (χ1v) is 5.04. The van der Waals surface area contributed by atoms with E-state index in [1.54, 1.807) is 14.1 Å². The number of hydrogen-bond donors (Lipinski definition) is 0. The second-order valence-corrected chi connectivity index (χ2v) is 3.25. The maximum Gasteiger partial charge on any atom is 1.00 e. The van der Waals surface area contributed by atoms with Gasteiger partial charge in [-0.2, -0.15) is 0 Å². The van der Waals surface area contributed by atoms with E-state index < -0.39 is 0 Å². The molecule has 0 radical (unpaired) electrons. The molecule has 1 amide bonds. The summed E-state index contributed by atoms with van der Waals surface area (Å²) >= 11 is 3.36. The number of alkyl halides is 1. The third-order valence-electron chi connectivity index (χ3n) is 1.21. The number of amides is 1. The number of halogens is 1. The Morgan fingerprint density at radius 3 is 2.00 bits per heavy atom. The summed E-state index contributed by atoms with van der Waals surface area (Å²) in [4.78, 5) is 10.9. The van der Waals surface area contributed by atoms with Crippen molar-refractivity contribution in [3.05, 3.63) is 35.9 Å². The molecule has 14 heavy (non-hydrogen) atoms. The van der Waals surface area contributed by atoms with E-state index in [9.17, 15) is 4.79 Å². The smallest absolute Gasteiger partial charge is 1.00 e. The summed E-state index contributed by atoms with van der Waals surface area (Å²) in [5.74, 6) is 0. The molecule has 1 rings (SSSR count). The van der Waals surface area contributed by atoms with Crippen LogP contribution >= 0.6 is 15.9 Å². The van der Waals surface area contributed by atoms with E-state index in [1.807, 2.05) is 18.2 Å². The van der Waals surface area contributed by atoms with E-state index in [-0.39, 0.29) is 31.0 Å². The predicted molar refractivity (Wildman–Crippen MR) is 59.9 cm³/mol. The molecule has 0 N–H and O–H groups in total. The number of carbonyl (C=O) groups is 1. The molecule has 1 aromatic rings. The second-order valence-electron chi connectivity index (χ2n) is 2.69. The molecule has 0 fully saturated rings. The fourth-order valence-electron chi connectivity index (χ4n) is 0.567. The van der Waals surface area contributed by atoms with Crippen molar-refractivity contribution >= 4 is 22.3 Å². The summed E-state index contributed by atoms with van der Waals surface area (Å²) in [5, 5.41) is 0.952. The first-order valence-electron chi connectivity index (χ1n) is 3.92. The Morgan fingerprint density at radius 2 is 1.79 bits per heavy atom. The molecule has 0 saturated carbocycles. The van der Waals surface area contributed by atoms with Crippen molar-refractivity contribution in [1.29, 1.82) is 0 Å². The van der Waals surface area contributed by atoms with Crippen molar-refractivity contribution in [2.45, 2.75) is 5.33 Å². The third kappa shape index (κ3) is 10.3. The van der Waals surface area contributed by atoms with Crippen LogP contribution in [-0.2, 0) is 10.1 Å². The summed E-state index contributed by atoms with van der Waals surface area (Å²) in [6.45, 7) is 0. The Morgan fingerprint density at radius 1 is 1.36 bits per heavy atom. The van der Waals surface area contributed by atoms with Crippen molar-refractivity contribution in [3.8, 4) is 0 Å².